The molecule has 2 N–H and O–H groups in total. The van der Waals surface area contributed by atoms with Gasteiger partial charge in [-0.25, -0.2) is 4.39 Å². The largest absolute Gasteiger partial charge is 0.508 e. The van der Waals surface area contributed by atoms with E-state index in [-0.39, 0.29) is 53.3 Å². The average molecular weight is 971 g/mol. The second-order valence-electron chi connectivity index (χ2n) is 19.5. The molecule has 0 spiro atoms. The van der Waals surface area contributed by atoms with E-state index in [4.69, 9.17) is 0 Å². The number of anilines is 1. The Morgan fingerprint density at radius 3 is 1.47 bits per heavy atom. The summed E-state index contributed by atoms with van der Waals surface area (Å²) in [4.78, 5) is 39.8. The quantitative estimate of drug-likeness (QED) is 0.0983. The second kappa shape index (κ2) is 24.5. The van der Waals surface area contributed by atoms with Crippen LogP contribution in [0.15, 0.2) is 177 Å². The molecule has 2 aliphatic rings. The maximum atomic E-state index is 13.8. The molecule has 0 aromatic heterocycles. The van der Waals surface area contributed by atoms with Gasteiger partial charge in [-0.3, -0.25) is 29.2 Å². The minimum atomic E-state index is -0.386. The van der Waals surface area contributed by atoms with Crippen LogP contribution in [-0.2, 0) is 6.54 Å². The van der Waals surface area contributed by atoms with Crippen molar-refractivity contribution in [3.63, 3.8) is 0 Å². The molecule has 0 saturated carbocycles. The second-order valence-corrected chi connectivity index (χ2v) is 19.5. The molecule has 11 heteroatoms. The smallest absolute Gasteiger partial charge is 0.258 e. The highest BCUT2D eigenvalue weighted by atomic mass is 19.1. The number of aromatic hydroxyl groups is 2. The average Bonchev–Trinajstić information content (AvgIpc) is 3.37. The number of phenolic OH excluding ortho intramolecular Hbond substituents is 2. The van der Waals surface area contributed by atoms with Crippen LogP contribution in [0.25, 0.3) is 0 Å². The number of piperazine rings is 2. The highest BCUT2D eigenvalue weighted by Crippen LogP contribution is 2.37. The first-order valence-corrected chi connectivity index (χ1v) is 25.0. The first-order chi connectivity index (χ1) is 34.6. The molecule has 6 atom stereocenters. The third-order valence-electron chi connectivity index (χ3n) is 14.1. The third kappa shape index (κ3) is 13.0. The lowest BCUT2D eigenvalue weighted by atomic mass is 9.92. The summed E-state index contributed by atoms with van der Waals surface area (Å²) in [5.74, 6) is -0.148. The monoisotopic (exact) mass is 971 g/mol. The van der Waals surface area contributed by atoms with Gasteiger partial charge in [-0.15, -0.1) is 13.2 Å². The molecular weight excluding hydrogens is 900 g/mol. The molecule has 72 heavy (non-hydrogen) atoms. The van der Waals surface area contributed by atoms with Crippen molar-refractivity contribution in [3.8, 4) is 11.5 Å². The van der Waals surface area contributed by atoms with Crippen LogP contribution in [0, 0.1) is 5.82 Å². The minimum Gasteiger partial charge on any atom is -0.508 e. The molecular formula is C61H71FN6O4. The van der Waals surface area contributed by atoms with Crippen molar-refractivity contribution in [1.82, 2.24) is 24.5 Å². The van der Waals surface area contributed by atoms with Gasteiger partial charge in [0.2, 0.25) is 0 Å². The summed E-state index contributed by atoms with van der Waals surface area (Å²) in [5, 5.41) is 20.6. The van der Waals surface area contributed by atoms with Crippen molar-refractivity contribution in [3.05, 3.63) is 222 Å². The third-order valence-corrected chi connectivity index (χ3v) is 14.1. The van der Waals surface area contributed by atoms with Crippen LogP contribution in [0.5, 0.6) is 11.5 Å². The van der Waals surface area contributed by atoms with E-state index in [0.717, 1.165) is 67.1 Å². The standard InChI is InChI=1S/C31H37N3O2.C30H34FN3O2/c1-5-17-33-20-24(3)34(21-23(33)2)30(27-14-10-16-29(35)19-27)26-13-9-15-28(18-26)31(36)32(4)22-25-11-7-6-8-12-25;1-5-15-33-19-22(3)34(20-21(33)2)29(24-10-7-14-28(35)17-24)23-9-6-11-25(16-23)30(36)32(4)27-13-8-12-26(31)18-27/h5-16,18-19,23-24,30,35H,1,17,20-22H2,2-4H3;5-14,16-18,21-22,29,35H,1,15,19-20H2,2-4H3/t23-,24+,30-;21-,22+,29-/m11/s1. The van der Waals surface area contributed by atoms with Gasteiger partial charge >= 0.3 is 0 Å². The predicted molar refractivity (Wildman–Crippen MR) is 289 cm³/mol. The van der Waals surface area contributed by atoms with Crippen LogP contribution < -0.4 is 4.90 Å². The van der Waals surface area contributed by atoms with E-state index < -0.39 is 0 Å². The number of rotatable bonds is 15. The maximum absolute atomic E-state index is 13.8. The van der Waals surface area contributed by atoms with E-state index in [9.17, 15) is 24.2 Å². The summed E-state index contributed by atoms with van der Waals surface area (Å²) in [5.41, 5.74) is 6.80. The van der Waals surface area contributed by atoms with E-state index in [1.54, 1.807) is 48.3 Å². The van der Waals surface area contributed by atoms with Gasteiger partial charge in [0.25, 0.3) is 11.8 Å². The molecule has 0 radical (unpaired) electrons. The molecule has 10 nitrogen and oxygen atoms in total. The zero-order valence-corrected chi connectivity index (χ0v) is 42.7. The summed E-state index contributed by atoms with van der Waals surface area (Å²) >= 11 is 0. The Bertz CT molecular complexity index is 2790. The van der Waals surface area contributed by atoms with Crippen LogP contribution in [0.2, 0.25) is 0 Å². The predicted octanol–water partition coefficient (Wildman–Crippen LogP) is 10.8. The van der Waals surface area contributed by atoms with E-state index in [1.807, 2.05) is 110 Å². The molecule has 2 heterocycles. The Morgan fingerprint density at radius 1 is 0.569 bits per heavy atom. The number of hydrogen-bond donors (Lipinski definition) is 2. The number of phenols is 2. The SMILES string of the molecule is C=CCN1C[C@H](C)N([C@@H](c2cccc(O)c2)c2cccc(C(=O)N(C)Cc3ccccc3)c2)C[C@H]1C.C=CCN1C[C@H](C)N([C@@H](c2cccc(O)c2)c2cccc(C(=O)N(C)c3cccc(F)c3)c2)C[C@H]1C. The molecule has 2 saturated heterocycles. The van der Waals surface area contributed by atoms with E-state index in [2.05, 4.69) is 72.6 Å². The number of hydrogen-bond acceptors (Lipinski definition) is 8. The van der Waals surface area contributed by atoms with Gasteiger partial charge in [-0.2, -0.15) is 0 Å². The Labute approximate surface area is 426 Å². The number of carbonyl (C=O) groups is 2. The first kappa shape index (κ1) is 52.9. The number of benzene rings is 6. The maximum Gasteiger partial charge on any atom is 0.258 e. The fourth-order valence-corrected chi connectivity index (χ4v) is 10.4. The van der Waals surface area contributed by atoms with Crippen LogP contribution in [0.1, 0.15) is 88.3 Å². The van der Waals surface area contributed by atoms with E-state index in [0.29, 0.717) is 35.4 Å². The Balaban J connectivity index is 0.000000211. The molecule has 0 aliphatic carbocycles. The van der Waals surface area contributed by atoms with E-state index >= 15 is 0 Å². The van der Waals surface area contributed by atoms with Gasteiger partial charge < -0.3 is 20.0 Å². The van der Waals surface area contributed by atoms with Gasteiger partial charge in [0.1, 0.15) is 17.3 Å². The lowest BCUT2D eigenvalue weighted by Gasteiger charge is -2.47. The van der Waals surface area contributed by atoms with Crippen molar-refractivity contribution >= 4 is 17.5 Å². The number of halogens is 1. The fourth-order valence-electron chi connectivity index (χ4n) is 10.4. The highest BCUT2D eigenvalue weighted by molar-refractivity contribution is 6.05. The molecule has 376 valence electrons. The van der Waals surface area contributed by atoms with Gasteiger partial charge in [-0.05, 0) is 122 Å². The normalized spacial score (nSPS) is 19.5. The van der Waals surface area contributed by atoms with Gasteiger partial charge in [0.15, 0.2) is 0 Å². The van der Waals surface area contributed by atoms with Gasteiger partial charge in [-0.1, -0.05) is 97.1 Å². The topological polar surface area (TPSA) is 94.0 Å². The zero-order valence-electron chi connectivity index (χ0n) is 42.7. The molecule has 2 fully saturated rings. The molecule has 6 aromatic rings. The van der Waals surface area contributed by atoms with Crippen molar-refractivity contribution < 1.29 is 24.2 Å². The summed E-state index contributed by atoms with van der Waals surface area (Å²) < 4.78 is 13.8. The molecule has 2 aliphatic heterocycles. The fraction of sp³-hybridized carbons (Fsp3) is 0.311. The number of nitrogens with zero attached hydrogens (tertiary/aromatic N) is 6. The number of amides is 2. The number of carbonyl (C=O) groups excluding carboxylic acids is 2. The molecule has 6 aromatic carbocycles. The van der Waals surface area contributed by atoms with Gasteiger partial charge in [0.05, 0.1) is 12.1 Å². The lowest BCUT2D eigenvalue weighted by Crippen LogP contribution is -2.57. The first-order valence-electron chi connectivity index (χ1n) is 25.0. The van der Waals surface area contributed by atoms with Crippen molar-refractivity contribution in [2.24, 2.45) is 0 Å². The van der Waals surface area contributed by atoms with Crippen molar-refractivity contribution in [2.75, 3.05) is 58.3 Å². The minimum absolute atomic E-state index is 0.00687. The van der Waals surface area contributed by atoms with Crippen LogP contribution >= 0.6 is 0 Å². The van der Waals surface area contributed by atoms with Crippen LogP contribution in [0.3, 0.4) is 0 Å². The molecule has 8 rings (SSSR count). The van der Waals surface area contributed by atoms with Crippen molar-refractivity contribution in [2.45, 2.75) is 70.5 Å². The highest BCUT2D eigenvalue weighted by Gasteiger charge is 2.36. The van der Waals surface area contributed by atoms with Gasteiger partial charge in [0, 0.05) is 101 Å². The zero-order chi connectivity index (χ0) is 51.5. The summed E-state index contributed by atoms with van der Waals surface area (Å²) in [6.07, 6.45) is 3.91. The lowest BCUT2D eigenvalue weighted by molar-refractivity contribution is 0.0306. The molecule has 0 unspecified atom stereocenters. The summed E-state index contributed by atoms with van der Waals surface area (Å²) in [7, 11) is 3.50. The van der Waals surface area contributed by atoms with Crippen molar-refractivity contribution in [1.29, 1.82) is 0 Å². The van der Waals surface area contributed by atoms with Crippen LogP contribution in [0.4, 0.5) is 10.1 Å². The molecule has 2 amide bonds. The molecule has 0 bridgehead atoms. The Morgan fingerprint density at radius 2 is 1.01 bits per heavy atom. The van der Waals surface area contributed by atoms with Crippen LogP contribution in [-0.4, -0.2) is 124 Å². The Hall–Kier alpha value is -6.89. The Kier molecular flexibility index (Phi) is 18.0. The summed E-state index contributed by atoms with van der Waals surface area (Å²) in [6.45, 7) is 22.5. The summed E-state index contributed by atoms with van der Waals surface area (Å²) in [6, 6.07) is 47.5. The van der Waals surface area contributed by atoms with E-state index in [1.165, 1.54) is 17.0 Å².